The van der Waals surface area contributed by atoms with Gasteiger partial charge in [0.25, 0.3) is 0 Å². The van der Waals surface area contributed by atoms with Crippen molar-refractivity contribution in [2.75, 3.05) is 0 Å². The number of pyridine rings is 1. The minimum absolute atomic E-state index is 0.728. The van der Waals surface area contributed by atoms with Crippen molar-refractivity contribution in [2.24, 2.45) is 0 Å². The van der Waals surface area contributed by atoms with E-state index >= 15 is 0 Å². The van der Waals surface area contributed by atoms with Crippen LogP contribution in [0.1, 0.15) is 0 Å². The summed E-state index contributed by atoms with van der Waals surface area (Å²) in [6.45, 7) is 0. The Labute approximate surface area is 317 Å². The second kappa shape index (κ2) is 12.6. The third-order valence-electron chi connectivity index (χ3n) is 10.8. The fourth-order valence-electron chi connectivity index (χ4n) is 8.23. The summed E-state index contributed by atoms with van der Waals surface area (Å²) in [4.78, 5) is 15.3. The molecule has 11 rings (SSSR count). The van der Waals surface area contributed by atoms with E-state index in [-0.39, 0.29) is 0 Å². The molecule has 8 aromatic carbocycles. The summed E-state index contributed by atoms with van der Waals surface area (Å²) in [5, 5.41) is 7.06. The van der Waals surface area contributed by atoms with Crippen LogP contribution in [-0.2, 0) is 0 Å². The van der Waals surface area contributed by atoms with Crippen molar-refractivity contribution in [3.8, 4) is 50.7 Å². The van der Waals surface area contributed by atoms with Gasteiger partial charge in [0.15, 0.2) is 5.82 Å². The van der Waals surface area contributed by atoms with Gasteiger partial charge in [-0.15, -0.1) is 0 Å². The molecule has 0 spiro atoms. The predicted molar refractivity (Wildman–Crippen MR) is 228 cm³/mol. The number of nitrogens with zero attached hydrogens (tertiary/aromatic N) is 4. The van der Waals surface area contributed by atoms with Crippen LogP contribution in [0.25, 0.3) is 105 Å². The zero-order chi connectivity index (χ0) is 36.3. The highest BCUT2D eigenvalue weighted by Gasteiger charge is 2.19. The van der Waals surface area contributed by atoms with Gasteiger partial charge in [0, 0.05) is 54.7 Å². The molecule has 256 valence electrons. The third kappa shape index (κ3) is 5.11. The van der Waals surface area contributed by atoms with Crippen LogP contribution >= 0.6 is 0 Å². The average Bonchev–Trinajstić information content (AvgIpc) is 3.61. The van der Waals surface area contributed by atoms with Gasteiger partial charge in [-0.3, -0.25) is 0 Å². The van der Waals surface area contributed by atoms with E-state index in [0.29, 0.717) is 0 Å². The highest BCUT2D eigenvalue weighted by Crippen LogP contribution is 2.42. The lowest BCUT2D eigenvalue weighted by Crippen LogP contribution is -1.95. The average molecular weight is 701 g/mol. The molecule has 0 fully saturated rings. The minimum Gasteiger partial charge on any atom is -0.309 e. The molecule has 0 aliphatic rings. The zero-order valence-corrected chi connectivity index (χ0v) is 29.8. The molecule has 4 heteroatoms. The second-order valence-corrected chi connectivity index (χ2v) is 14.0. The van der Waals surface area contributed by atoms with Crippen LogP contribution in [0, 0.1) is 0 Å². The minimum atomic E-state index is 0.728. The Morgan fingerprint density at radius 2 is 0.818 bits per heavy atom. The summed E-state index contributed by atoms with van der Waals surface area (Å²) >= 11 is 0. The standard InChI is InChI=1S/C51H32N4/c1-3-13-37(14-4-1)51-53-44-21-11-8-18-40(44)49(54-51)35-27-23-33(24-28-35)34-25-29-36(30-26-34)50-42-31-32-46-48(47(42)39-17-7-10-20-43(39)52-50)41-19-9-12-22-45(41)55(46)38-15-5-2-6-16-38/h1-32H. The molecular weight excluding hydrogens is 669 g/mol. The number of fused-ring (bicyclic) bond motifs is 8. The first-order valence-corrected chi connectivity index (χ1v) is 18.6. The Morgan fingerprint density at radius 1 is 0.291 bits per heavy atom. The fourth-order valence-corrected chi connectivity index (χ4v) is 8.23. The van der Waals surface area contributed by atoms with E-state index in [2.05, 4.69) is 168 Å². The van der Waals surface area contributed by atoms with Crippen molar-refractivity contribution >= 4 is 54.4 Å². The molecule has 3 heterocycles. The number of rotatable bonds is 5. The van der Waals surface area contributed by atoms with Crippen LogP contribution in [0.5, 0.6) is 0 Å². The van der Waals surface area contributed by atoms with Crippen LogP contribution in [0.4, 0.5) is 0 Å². The summed E-state index contributed by atoms with van der Waals surface area (Å²) in [7, 11) is 0. The van der Waals surface area contributed by atoms with Gasteiger partial charge in [0.2, 0.25) is 0 Å². The van der Waals surface area contributed by atoms with Crippen LogP contribution in [0.3, 0.4) is 0 Å². The maximum Gasteiger partial charge on any atom is 0.160 e. The summed E-state index contributed by atoms with van der Waals surface area (Å²) < 4.78 is 2.38. The van der Waals surface area contributed by atoms with Gasteiger partial charge in [-0.1, -0.05) is 158 Å². The molecular formula is C51H32N4. The topological polar surface area (TPSA) is 43.6 Å². The maximum atomic E-state index is 5.31. The molecule has 0 saturated carbocycles. The first-order valence-electron chi connectivity index (χ1n) is 18.6. The zero-order valence-electron chi connectivity index (χ0n) is 29.8. The number of para-hydroxylation sites is 4. The molecule has 0 unspecified atom stereocenters. The van der Waals surface area contributed by atoms with Gasteiger partial charge in [0.1, 0.15) is 0 Å². The van der Waals surface area contributed by atoms with Crippen LogP contribution in [0.2, 0.25) is 0 Å². The van der Waals surface area contributed by atoms with E-state index in [1.54, 1.807) is 0 Å². The smallest absolute Gasteiger partial charge is 0.160 e. The first-order chi connectivity index (χ1) is 27.3. The molecule has 0 amide bonds. The summed E-state index contributed by atoms with van der Waals surface area (Å²) in [6.07, 6.45) is 0. The first kappa shape index (κ1) is 31.1. The highest BCUT2D eigenvalue weighted by atomic mass is 15.0. The van der Waals surface area contributed by atoms with Crippen LogP contribution < -0.4 is 0 Å². The number of aromatic nitrogens is 4. The summed E-state index contributed by atoms with van der Waals surface area (Å²) in [5.41, 5.74) is 12.8. The number of benzene rings is 8. The Kier molecular flexibility index (Phi) is 7.14. The Hall–Kier alpha value is -7.43. The third-order valence-corrected chi connectivity index (χ3v) is 10.8. The molecule has 0 atom stereocenters. The van der Waals surface area contributed by atoms with Gasteiger partial charge >= 0.3 is 0 Å². The number of hydrogen-bond donors (Lipinski definition) is 0. The summed E-state index contributed by atoms with van der Waals surface area (Å²) in [6, 6.07) is 68.4. The van der Waals surface area contributed by atoms with E-state index < -0.39 is 0 Å². The Bertz CT molecular complexity index is 3220. The van der Waals surface area contributed by atoms with Crippen molar-refractivity contribution in [1.29, 1.82) is 0 Å². The van der Waals surface area contributed by atoms with E-state index in [1.807, 2.05) is 30.3 Å². The molecule has 0 saturated heterocycles. The lowest BCUT2D eigenvalue weighted by molar-refractivity contribution is 1.18. The Morgan fingerprint density at radius 3 is 1.51 bits per heavy atom. The van der Waals surface area contributed by atoms with E-state index in [4.69, 9.17) is 15.0 Å². The fraction of sp³-hybridized carbons (Fsp3) is 0. The largest absolute Gasteiger partial charge is 0.309 e. The monoisotopic (exact) mass is 700 g/mol. The van der Waals surface area contributed by atoms with Crippen molar-refractivity contribution in [1.82, 2.24) is 19.5 Å². The molecule has 3 aromatic heterocycles. The molecule has 0 N–H and O–H groups in total. The van der Waals surface area contributed by atoms with E-state index in [1.165, 1.54) is 27.2 Å². The lowest BCUT2D eigenvalue weighted by Gasteiger charge is -2.13. The van der Waals surface area contributed by atoms with Crippen molar-refractivity contribution < 1.29 is 0 Å². The maximum absolute atomic E-state index is 5.31. The second-order valence-electron chi connectivity index (χ2n) is 14.0. The van der Waals surface area contributed by atoms with Gasteiger partial charge < -0.3 is 4.57 Å². The van der Waals surface area contributed by atoms with Crippen molar-refractivity contribution in [3.05, 3.63) is 194 Å². The highest BCUT2D eigenvalue weighted by molar-refractivity contribution is 6.29. The molecule has 55 heavy (non-hydrogen) atoms. The Balaban J connectivity index is 1.02. The SMILES string of the molecule is c1ccc(-c2nc(-c3ccc(-c4ccc(-c5nc6ccccc6c6c5ccc5c6c6ccccc6n5-c5ccccc5)cc4)cc3)c3ccccc3n2)cc1. The molecule has 0 aliphatic heterocycles. The van der Waals surface area contributed by atoms with Gasteiger partial charge in [-0.25, -0.2) is 15.0 Å². The quantitative estimate of drug-likeness (QED) is 0.168. The van der Waals surface area contributed by atoms with Crippen LogP contribution in [-0.4, -0.2) is 19.5 Å². The van der Waals surface area contributed by atoms with Gasteiger partial charge in [0.05, 0.1) is 33.5 Å². The van der Waals surface area contributed by atoms with Gasteiger partial charge in [-0.05, 0) is 47.5 Å². The normalized spacial score (nSPS) is 11.6. The molecule has 4 nitrogen and oxygen atoms in total. The predicted octanol–water partition coefficient (Wildman–Crippen LogP) is 13.1. The van der Waals surface area contributed by atoms with E-state index in [9.17, 15) is 0 Å². The van der Waals surface area contributed by atoms with Crippen molar-refractivity contribution in [2.45, 2.75) is 0 Å². The molecule has 0 aliphatic carbocycles. The van der Waals surface area contributed by atoms with Crippen molar-refractivity contribution in [3.63, 3.8) is 0 Å². The molecule has 11 aromatic rings. The van der Waals surface area contributed by atoms with Gasteiger partial charge in [-0.2, -0.15) is 0 Å². The van der Waals surface area contributed by atoms with Crippen LogP contribution in [0.15, 0.2) is 194 Å². The van der Waals surface area contributed by atoms with E-state index in [0.717, 1.165) is 77.9 Å². The number of hydrogen-bond acceptors (Lipinski definition) is 3. The molecule has 0 bridgehead atoms. The molecule has 0 radical (unpaired) electrons. The summed E-state index contributed by atoms with van der Waals surface area (Å²) in [5.74, 6) is 0.728. The lowest BCUT2D eigenvalue weighted by atomic mass is 9.95.